The Hall–Kier alpha value is 0.532. The van der Waals surface area contributed by atoms with Crippen molar-refractivity contribution >= 4 is 17.4 Å². The van der Waals surface area contributed by atoms with E-state index in [4.69, 9.17) is 0 Å². The molecular weight excluding hydrogens is 135 g/mol. The molecule has 10 heavy (non-hydrogen) atoms. The first-order valence-electron chi connectivity index (χ1n) is 4.05. The SMILES string of the molecule is [AlH3].[CH2]C(C)C(CC)CCC. The average molecular weight is 157 g/mol. The van der Waals surface area contributed by atoms with E-state index in [1.54, 1.807) is 0 Å². The van der Waals surface area contributed by atoms with E-state index in [0.29, 0.717) is 5.92 Å². The lowest BCUT2D eigenvalue weighted by atomic mass is 9.89. The molecule has 0 aromatic heterocycles. The van der Waals surface area contributed by atoms with Crippen molar-refractivity contribution in [3.8, 4) is 0 Å². The van der Waals surface area contributed by atoms with Crippen LogP contribution in [0.2, 0.25) is 0 Å². The van der Waals surface area contributed by atoms with E-state index in [0.717, 1.165) is 5.92 Å². The molecule has 0 aromatic carbocycles. The van der Waals surface area contributed by atoms with Crippen LogP contribution in [0.3, 0.4) is 0 Å². The van der Waals surface area contributed by atoms with E-state index in [9.17, 15) is 0 Å². The van der Waals surface area contributed by atoms with Gasteiger partial charge in [-0.1, -0.05) is 47.0 Å². The van der Waals surface area contributed by atoms with Gasteiger partial charge in [0.25, 0.3) is 0 Å². The Bertz CT molecular complexity index is 59.7. The summed E-state index contributed by atoms with van der Waals surface area (Å²) in [5.74, 6) is 1.49. The molecule has 0 aromatic rings. The van der Waals surface area contributed by atoms with Crippen molar-refractivity contribution in [2.45, 2.75) is 40.0 Å². The third kappa shape index (κ3) is 5.33. The van der Waals surface area contributed by atoms with E-state index in [1.165, 1.54) is 19.3 Å². The molecule has 0 heterocycles. The van der Waals surface area contributed by atoms with E-state index in [2.05, 4.69) is 27.7 Å². The molecule has 0 fully saturated rings. The first-order valence-corrected chi connectivity index (χ1v) is 4.05. The van der Waals surface area contributed by atoms with Crippen molar-refractivity contribution in [2.75, 3.05) is 0 Å². The zero-order chi connectivity index (χ0) is 7.28. The fourth-order valence-corrected chi connectivity index (χ4v) is 1.26. The largest absolute Gasteiger partial charge is 0.187 e. The third-order valence-electron chi connectivity index (χ3n) is 1.99. The quantitative estimate of drug-likeness (QED) is 0.548. The minimum atomic E-state index is 0. The topological polar surface area (TPSA) is 0 Å². The average Bonchev–Trinajstić information content (AvgIpc) is 1.82. The lowest BCUT2D eigenvalue weighted by Gasteiger charge is -2.16. The molecule has 2 atom stereocenters. The number of hydrogen-bond donors (Lipinski definition) is 0. The minimum Gasteiger partial charge on any atom is -0.0654 e. The molecule has 0 bridgehead atoms. The lowest BCUT2D eigenvalue weighted by molar-refractivity contribution is 0.373. The van der Waals surface area contributed by atoms with Crippen LogP contribution in [-0.2, 0) is 0 Å². The molecule has 0 spiro atoms. The Kier molecular flexibility index (Phi) is 10.0. The Morgan fingerprint density at radius 3 is 1.90 bits per heavy atom. The fourth-order valence-electron chi connectivity index (χ4n) is 1.26. The Balaban J connectivity index is 0. The summed E-state index contributed by atoms with van der Waals surface area (Å²) >= 11 is 0. The summed E-state index contributed by atoms with van der Waals surface area (Å²) in [6.45, 7) is 10.7. The van der Waals surface area contributed by atoms with Gasteiger partial charge in [0.05, 0.1) is 0 Å². The second-order valence-electron chi connectivity index (χ2n) is 2.93. The Labute approximate surface area is 76.5 Å². The monoisotopic (exact) mass is 157 g/mol. The van der Waals surface area contributed by atoms with Gasteiger partial charge in [0, 0.05) is 0 Å². The van der Waals surface area contributed by atoms with Crippen LogP contribution in [0, 0.1) is 18.8 Å². The Morgan fingerprint density at radius 2 is 1.80 bits per heavy atom. The highest BCUT2D eigenvalue weighted by atomic mass is 27.0. The van der Waals surface area contributed by atoms with Crippen LogP contribution in [0.1, 0.15) is 40.0 Å². The molecule has 0 saturated heterocycles. The van der Waals surface area contributed by atoms with Crippen LogP contribution in [0.25, 0.3) is 0 Å². The van der Waals surface area contributed by atoms with Crippen LogP contribution in [0.5, 0.6) is 0 Å². The fraction of sp³-hybridized carbons (Fsp3) is 0.889. The second-order valence-corrected chi connectivity index (χ2v) is 2.93. The molecule has 0 aliphatic rings. The molecule has 2 unspecified atom stereocenters. The number of rotatable bonds is 4. The van der Waals surface area contributed by atoms with E-state index in [-0.39, 0.29) is 17.4 Å². The summed E-state index contributed by atoms with van der Waals surface area (Å²) in [7, 11) is 0. The summed E-state index contributed by atoms with van der Waals surface area (Å²) in [6, 6.07) is 0. The van der Waals surface area contributed by atoms with Crippen molar-refractivity contribution in [1.29, 1.82) is 0 Å². The maximum absolute atomic E-state index is 4.03. The highest BCUT2D eigenvalue weighted by Crippen LogP contribution is 2.19. The molecule has 0 amide bonds. The smallest absolute Gasteiger partial charge is 0.0654 e. The summed E-state index contributed by atoms with van der Waals surface area (Å²) < 4.78 is 0. The lowest BCUT2D eigenvalue weighted by Crippen LogP contribution is -2.06. The summed E-state index contributed by atoms with van der Waals surface area (Å²) in [6.07, 6.45) is 3.94. The molecule has 1 radical (unpaired) electrons. The maximum Gasteiger partial charge on any atom is 0.187 e. The van der Waals surface area contributed by atoms with Crippen molar-refractivity contribution in [3.63, 3.8) is 0 Å². The highest BCUT2D eigenvalue weighted by molar-refractivity contribution is 5.75. The van der Waals surface area contributed by atoms with Crippen molar-refractivity contribution in [1.82, 2.24) is 0 Å². The molecule has 0 saturated carbocycles. The molecule has 1 heteroatoms. The highest BCUT2D eigenvalue weighted by Gasteiger charge is 2.08. The van der Waals surface area contributed by atoms with Crippen molar-refractivity contribution < 1.29 is 0 Å². The second kappa shape index (κ2) is 7.64. The van der Waals surface area contributed by atoms with Crippen LogP contribution in [-0.4, -0.2) is 17.4 Å². The normalized spacial score (nSPS) is 12.9. The van der Waals surface area contributed by atoms with Gasteiger partial charge in [-0.15, -0.1) is 0 Å². The first-order chi connectivity index (χ1) is 4.22. The van der Waals surface area contributed by atoms with Gasteiger partial charge in [-0.25, -0.2) is 0 Å². The zero-order valence-electron chi connectivity index (χ0n) is 6.98. The van der Waals surface area contributed by atoms with Crippen molar-refractivity contribution in [3.05, 3.63) is 6.92 Å². The third-order valence-corrected chi connectivity index (χ3v) is 1.99. The summed E-state index contributed by atoms with van der Waals surface area (Å²) in [5, 5.41) is 0. The summed E-state index contributed by atoms with van der Waals surface area (Å²) in [5.41, 5.74) is 0. The van der Waals surface area contributed by atoms with Gasteiger partial charge in [-0.05, 0) is 11.8 Å². The van der Waals surface area contributed by atoms with Gasteiger partial charge in [-0.2, -0.15) is 0 Å². The Morgan fingerprint density at radius 1 is 1.30 bits per heavy atom. The van der Waals surface area contributed by atoms with Crippen LogP contribution < -0.4 is 0 Å². The molecule has 0 nitrogen and oxygen atoms in total. The summed E-state index contributed by atoms with van der Waals surface area (Å²) in [4.78, 5) is 0. The zero-order valence-corrected chi connectivity index (χ0v) is 6.98. The van der Waals surface area contributed by atoms with E-state index < -0.39 is 0 Å². The molecular formula is C9H22Al. The van der Waals surface area contributed by atoms with Crippen LogP contribution in [0.15, 0.2) is 0 Å². The molecule has 0 rings (SSSR count). The number of hydrogen-bond acceptors (Lipinski definition) is 0. The van der Waals surface area contributed by atoms with Gasteiger partial charge in [0.2, 0.25) is 0 Å². The first kappa shape index (κ1) is 13.1. The van der Waals surface area contributed by atoms with Crippen LogP contribution in [0.4, 0.5) is 0 Å². The van der Waals surface area contributed by atoms with Gasteiger partial charge < -0.3 is 0 Å². The molecule has 0 aliphatic heterocycles. The van der Waals surface area contributed by atoms with E-state index >= 15 is 0 Å². The van der Waals surface area contributed by atoms with Gasteiger partial charge in [0.1, 0.15) is 0 Å². The standard InChI is InChI=1S/C9H19.Al.3H/c1-5-7-9(6-2)8(3)4;;;;/h8-9H,3,5-7H2,1-2,4H3;;;;. The van der Waals surface area contributed by atoms with Crippen molar-refractivity contribution in [2.24, 2.45) is 11.8 Å². The predicted molar refractivity (Wildman–Crippen MR) is 53.1 cm³/mol. The molecule has 61 valence electrons. The van der Waals surface area contributed by atoms with E-state index in [1.807, 2.05) is 0 Å². The van der Waals surface area contributed by atoms with Gasteiger partial charge in [-0.3, -0.25) is 0 Å². The minimum absolute atomic E-state index is 0. The van der Waals surface area contributed by atoms with Crippen LogP contribution >= 0.6 is 0 Å². The van der Waals surface area contributed by atoms with Gasteiger partial charge in [0.15, 0.2) is 17.4 Å². The molecule has 0 aliphatic carbocycles. The molecule has 0 N–H and O–H groups in total. The maximum atomic E-state index is 4.03. The van der Waals surface area contributed by atoms with Gasteiger partial charge >= 0.3 is 0 Å². The predicted octanol–water partition coefficient (Wildman–Crippen LogP) is 2.10.